The molecule has 1 saturated heterocycles. The number of amidine groups is 1. The lowest BCUT2D eigenvalue weighted by Gasteiger charge is -2.19. The average molecular weight is 492 g/mol. The normalized spacial score (nSPS) is 19.5. The van der Waals surface area contributed by atoms with E-state index in [-0.39, 0.29) is 23.7 Å². The van der Waals surface area contributed by atoms with Gasteiger partial charge in [-0.1, -0.05) is 29.4 Å². The summed E-state index contributed by atoms with van der Waals surface area (Å²) < 4.78 is 10.7. The summed E-state index contributed by atoms with van der Waals surface area (Å²) in [5, 5.41) is 5.63. The number of ether oxygens (including phenoxy) is 2. The van der Waals surface area contributed by atoms with Crippen LogP contribution in [-0.2, 0) is 14.3 Å². The van der Waals surface area contributed by atoms with Gasteiger partial charge in [-0.3, -0.25) is 14.5 Å². The zero-order valence-corrected chi connectivity index (χ0v) is 19.8. The van der Waals surface area contributed by atoms with Crippen molar-refractivity contribution in [3.8, 4) is 5.75 Å². The number of methoxy groups -OCH3 is 1. The lowest BCUT2D eigenvalue weighted by Crippen LogP contribution is -2.35. The fourth-order valence-electron chi connectivity index (χ4n) is 3.34. The molecule has 0 saturated carbocycles. The third-order valence-corrected chi connectivity index (χ3v) is 6.98. The van der Waals surface area contributed by atoms with E-state index in [1.54, 1.807) is 24.3 Å². The van der Waals surface area contributed by atoms with Gasteiger partial charge < -0.3 is 14.8 Å². The molecule has 2 aliphatic heterocycles. The summed E-state index contributed by atoms with van der Waals surface area (Å²) in [5.41, 5.74) is 0.864. The van der Waals surface area contributed by atoms with Gasteiger partial charge in [0.2, 0.25) is 5.91 Å². The van der Waals surface area contributed by atoms with Crippen LogP contribution >= 0.6 is 34.7 Å². The lowest BCUT2D eigenvalue weighted by atomic mass is 10.2. The standard InChI is InChI=1S/C22H22ClN3O4S2/c1-29-19-7-6-14(10-17(19)23)26-21(28)18(11-16-5-3-9-31-16)25-22(26)32-13-20(27)24-12-15-4-2-8-30-15/h3,5-7,9-11,15H,2,4,8,12-13H2,1H3,(H,24,27)/b18-11+. The number of aliphatic imine (C=N–C) groups is 1. The Morgan fingerprint density at radius 1 is 1.47 bits per heavy atom. The molecular weight excluding hydrogens is 470 g/mol. The van der Waals surface area contributed by atoms with E-state index < -0.39 is 0 Å². The summed E-state index contributed by atoms with van der Waals surface area (Å²) in [6.45, 7) is 1.24. The second kappa shape index (κ2) is 10.5. The van der Waals surface area contributed by atoms with E-state index in [4.69, 9.17) is 21.1 Å². The Morgan fingerprint density at radius 3 is 3.03 bits per heavy atom. The molecule has 0 radical (unpaired) electrons. The van der Waals surface area contributed by atoms with E-state index >= 15 is 0 Å². The maximum atomic E-state index is 13.2. The van der Waals surface area contributed by atoms with Crippen LogP contribution in [0.2, 0.25) is 5.02 Å². The zero-order chi connectivity index (χ0) is 22.5. The molecule has 1 aromatic carbocycles. The van der Waals surface area contributed by atoms with E-state index in [1.807, 2.05) is 17.5 Å². The van der Waals surface area contributed by atoms with Crippen molar-refractivity contribution >= 4 is 63.4 Å². The molecule has 0 bridgehead atoms. The number of carbonyl (C=O) groups excluding carboxylic acids is 2. The largest absolute Gasteiger partial charge is 0.495 e. The summed E-state index contributed by atoms with van der Waals surface area (Å²) in [7, 11) is 1.53. The fraction of sp³-hybridized carbons (Fsp3) is 0.318. The van der Waals surface area contributed by atoms with E-state index in [1.165, 1.54) is 35.1 Å². The number of thioether (sulfide) groups is 1. The molecule has 1 N–H and O–H groups in total. The van der Waals surface area contributed by atoms with Crippen molar-refractivity contribution in [1.29, 1.82) is 0 Å². The molecule has 1 fully saturated rings. The first kappa shape index (κ1) is 22.8. The number of amides is 2. The molecule has 2 amide bonds. The van der Waals surface area contributed by atoms with Crippen molar-refractivity contribution in [3.05, 3.63) is 51.3 Å². The van der Waals surface area contributed by atoms with Gasteiger partial charge in [0, 0.05) is 18.0 Å². The van der Waals surface area contributed by atoms with E-state index in [2.05, 4.69) is 10.3 Å². The topological polar surface area (TPSA) is 80.2 Å². The number of hydrogen-bond donors (Lipinski definition) is 1. The van der Waals surface area contributed by atoms with Crippen LogP contribution in [0.15, 0.2) is 46.4 Å². The number of nitrogens with one attached hydrogen (secondary N) is 1. The molecule has 10 heteroatoms. The van der Waals surface area contributed by atoms with Crippen LogP contribution in [-0.4, -0.2) is 49.1 Å². The molecule has 168 valence electrons. The molecule has 3 heterocycles. The van der Waals surface area contributed by atoms with Gasteiger partial charge in [0.25, 0.3) is 5.91 Å². The third kappa shape index (κ3) is 5.35. The quantitative estimate of drug-likeness (QED) is 0.587. The number of thiophene rings is 1. The molecule has 7 nitrogen and oxygen atoms in total. The first-order valence-corrected chi connectivity index (χ1v) is 12.3. The van der Waals surface area contributed by atoms with Crippen LogP contribution in [0, 0.1) is 0 Å². The third-order valence-electron chi connectivity index (χ3n) is 4.93. The van der Waals surface area contributed by atoms with Crippen LogP contribution in [0.1, 0.15) is 17.7 Å². The fourth-order valence-corrected chi connectivity index (χ4v) is 5.08. The van der Waals surface area contributed by atoms with Gasteiger partial charge in [-0.15, -0.1) is 11.3 Å². The van der Waals surface area contributed by atoms with Crippen LogP contribution in [0.4, 0.5) is 5.69 Å². The van der Waals surface area contributed by atoms with Crippen molar-refractivity contribution in [2.45, 2.75) is 18.9 Å². The van der Waals surface area contributed by atoms with Crippen molar-refractivity contribution in [2.24, 2.45) is 4.99 Å². The highest BCUT2D eigenvalue weighted by molar-refractivity contribution is 8.14. The Balaban J connectivity index is 1.51. The van der Waals surface area contributed by atoms with Crippen molar-refractivity contribution in [2.75, 3.05) is 30.9 Å². The van der Waals surface area contributed by atoms with Gasteiger partial charge in [-0.2, -0.15) is 0 Å². The molecule has 4 rings (SSSR count). The highest BCUT2D eigenvalue weighted by Crippen LogP contribution is 2.34. The maximum absolute atomic E-state index is 13.2. The highest BCUT2D eigenvalue weighted by atomic mass is 35.5. The Bertz CT molecular complexity index is 1050. The molecule has 2 aliphatic rings. The van der Waals surface area contributed by atoms with E-state index in [9.17, 15) is 9.59 Å². The monoisotopic (exact) mass is 491 g/mol. The molecule has 0 aliphatic carbocycles. The summed E-state index contributed by atoms with van der Waals surface area (Å²) in [4.78, 5) is 32.5. The molecule has 32 heavy (non-hydrogen) atoms. The Morgan fingerprint density at radius 2 is 2.34 bits per heavy atom. The number of halogens is 1. The molecular formula is C22H22ClN3O4S2. The van der Waals surface area contributed by atoms with Crippen LogP contribution in [0.5, 0.6) is 5.75 Å². The highest BCUT2D eigenvalue weighted by Gasteiger charge is 2.33. The molecule has 1 unspecified atom stereocenters. The van der Waals surface area contributed by atoms with E-state index in [0.29, 0.717) is 33.9 Å². The number of rotatable bonds is 7. The maximum Gasteiger partial charge on any atom is 0.283 e. The predicted octanol–water partition coefficient (Wildman–Crippen LogP) is 4.18. The molecule has 0 spiro atoms. The second-order valence-corrected chi connectivity index (χ2v) is 9.46. The van der Waals surface area contributed by atoms with Gasteiger partial charge in [0.15, 0.2) is 5.17 Å². The SMILES string of the molecule is COc1ccc(N2C(=O)/C(=C\c3cccs3)N=C2SCC(=O)NCC2CCCO2)cc1Cl. The Labute approximate surface area is 199 Å². The summed E-state index contributed by atoms with van der Waals surface area (Å²) in [5.74, 6) is 0.230. The van der Waals surface area contributed by atoms with Crippen molar-refractivity contribution < 1.29 is 19.1 Å². The Hall–Kier alpha value is -2.33. The number of benzene rings is 1. The summed E-state index contributed by atoms with van der Waals surface area (Å²) in [6, 6.07) is 8.92. The van der Waals surface area contributed by atoms with E-state index in [0.717, 1.165) is 24.3 Å². The zero-order valence-electron chi connectivity index (χ0n) is 17.4. The molecule has 2 aromatic rings. The van der Waals surface area contributed by atoms with Crippen LogP contribution in [0.3, 0.4) is 0 Å². The van der Waals surface area contributed by atoms with Crippen molar-refractivity contribution in [1.82, 2.24) is 5.32 Å². The van der Waals surface area contributed by atoms with Gasteiger partial charge in [0.05, 0.1) is 29.7 Å². The van der Waals surface area contributed by atoms with Gasteiger partial charge in [0.1, 0.15) is 11.4 Å². The van der Waals surface area contributed by atoms with Gasteiger partial charge >= 0.3 is 0 Å². The molecule has 1 aromatic heterocycles. The van der Waals surface area contributed by atoms with Gasteiger partial charge in [-0.05, 0) is 48.6 Å². The summed E-state index contributed by atoms with van der Waals surface area (Å²) >= 11 is 9.01. The van der Waals surface area contributed by atoms with Crippen molar-refractivity contribution in [3.63, 3.8) is 0 Å². The van der Waals surface area contributed by atoms with Crippen LogP contribution < -0.4 is 15.0 Å². The smallest absolute Gasteiger partial charge is 0.283 e. The number of nitrogens with zero attached hydrogens (tertiary/aromatic N) is 2. The second-order valence-electron chi connectivity index (χ2n) is 7.13. The minimum absolute atomic E-state index is 0.0765. The predicted molar refractivity (Wildman–Crippen MR) is 130 cm³/mol. The number of carbonyl (C=O) groups is 2. The lowest BCUT2D eigenvalue weighted by molar-refractivity contribution is -0.119. The minimum Gasteiger partial charge on any atom is -0.495 e. The first-order chi connectivity index (χ1) is 15.5. The number of anilines is 1. The van der Waals surface area contributed by atoms with Crippen LogP contribution in [0.25, 0.3) is 6.08 Å². The number of hydrogen-bond acceptors (Lipinski definition) is 7. The average Bonchev–Trinajstić information content (AvgIpc) is 3.54. The summed E-state index contributed by atoms with van der Waals surface area (Å²) in [6.07, 6.45) is 3.80. The molecule has 1 atom stereocenters. The first-order valence-electron chi connectivity index (χ1n) is 10.1. The minimum atomic E-state index is -0.276. The Kier molecular flexibility index (Phi) is 7.51. The van der Waals surface area contributed by atoms with Gasteiger partial charge in [-0.25, -0.2) is 4.99 Å².